The Morgan fingerprint density at radius 3 is 2.76 bits per heavy atom. The Hall–Kier alpha value is -1.60. The predicted molar refractivity (Wildman–Crippen MR) is 93.8 cm³/mol. The van der Waals surface area contributed by atoms with Crippen molar-refractivity contribution in [2.75, 3.05) is 26.5 Å². The fraction of sp³-hybridized carbons (Fsp3) is 0.611. The molecule has 0 unspecified atom stereocenters. The van der Waals surface area contributed by atoms with Crippen LogP contribution in [0.1, 0.15) is 36.4 Å². The number of carbonyl (C=O) groups excluding carboxylic acids is 1. The van der Waals surface area contributed by atoms with Crippen molar-refractivity contribution in [1.29, 1.82) is 0 Å². The summed E-state index contributed by atoms with van der Waals surface area (Å²) in [5.74, 6) is 0.748. The van der Waals surface area contributed by atoms with Gasteiger partial charge in [0.15, 0.2) is 0 Å². The summed E-state index contributed by atoms with van der Waals surface area (Å²) < 4.78 is 31.3. The molecule has 2 fully saturated rings. The van der Waals surface area contributed by atoms with Gasteiger partial charge < -0.3 is 9.64 Å². The molecule has 25 heavy (non-hydrogen) atoms. The normalized spacial score (nSPS) is 29.6. The number of sulfonamides is 1. The van der Waals surface area contributed by atoms with Crippen LogP contribution in [0.3, 0.4) is 0 Å². The van der Waals surface area contributed by atoms with Crippen molar-refractivity contribution in [3.8, 4) is 5.75 Å². The van der Waals surface area contributed by atoms with Crippen LogP contribution >= 0.6 is 0 Å². The number of ether oxygens (including phenoxy) is 1. The Labute approximate surface area is 148 Å². The Balaban J connectivity index is 1.72. The van der Waals surface area contributed by atoms with E-state index < -0.39 is 10.0 Å². The maximum absolute atomic E-state index is 13.1. The number of hydrogen-bond acceptors (Lipinski definition) is 4. The largest absolute Gasteiger partial charge is 0.497 e. The van der Waals surface area contributed by atoms with Gasteiger partial charge in [-0.05, 0) is 48.9 Å². The molecule has 3 aliphatic rings. The van der Waals surface area contributed by atoms with Crippen LogP contribution in [0.15, 0.2) is 18.2 Å². The van der Waals surface area contributed by atoms with E-state index >= 15 is 0 Å². The topological polar surface area (TPSA) is 66.9 Å². The van der Waals surface area contributed by atoms with Crippen LogP contribution in [-0.4, -0.2) is 56.0 Å². The standard InChI is InChI=1S/C18H24N2O4S/c1-24-13-5-6-14-12(10-13)7-9-19-16(14)11-17-15(18(19)21)4-3-8-20(17)25(2,22)23/h5-6,10,15-17H,3-4,7-9,11H2,1-2H3/t15-,16-,17-/m0/s1. The highest BCUT2D eigenvalue weighted by Crippen LogP contribution is 2.44. The Kier molecular flexibility index (Phi) is 4.03. The summed E-state index contributed by atoms with van der Waals surface area (Å²) in [7, 11) is -1.65. The molecular weight excluding hydrogens is 340 g/mol. The van der Waals surface area contributed by atoms with E-state index in [1.807, 2.05) is 23.1 Å². The molecule has 1 aromatic rings. The van der Waals surface area contributed by atoms with E-state index in [9.17, 15) is 13.2 Å². The minimum atomic E-state index is -3.30. The van der Waals surface area contributed by atoms with Crippen molar-refractivity contribution >= 4 is 15.9 Å². The number of carbonyl (C=O) groups is 1. The predicted octanol–water partition coefficient (Wildman–Crippen LogP) is 1.56. The number of piperidine rings is 2. The van der Waals surface area contributed by atoms with Crippen molar-refractivity contribution in [3.63, 3.8) is 0 Å². The van der Waals surface area contributed by atoms with Crippen LogP contribution in [-0.2, 0) is 21.2 Å². The first kappa shape index (κ1) is 16.8. The van der Waals surface area contributed by atoms with Crippen LogP contribution in [0.4, 0.5) is 0 Å². The van der Waals surface area contributed by atoms with Gasteiger partial charge in [0.05, 0.1) is 25.3 Å². The smallest absolute Gasteiger partial charge is 0.227 e. The minimum absolute atomic E-state index is 0.0363. The molecule has 1 amide bonds. The van der Waals surface area contributed by atoms with Gasteiger partial charge in [-0.2, -0.15) is 4.31 Å². The second-order valence-electron chi connectivity index (χ2n) is 7.29. The number of benzene rings is 1. The highest BCUT2D eigenvalue weighted by molar-refractivity contribution is 7.88. The van der Waals surface area contributed by atoms with E-state index in [4.69, 9.17) is 4.74 Å². The summed E-state index contributed by atoms with van der Waals surface area (Å²) in [5, 5.41) is 0. The quantitative estimate of drug-likeness (QED) is 0.799. The molecule has 136 valence electrons. The number of rotatable bonds is 2. The SMILES string of the molecule is COc1ccc2c(c1)CCN1C(=O)[C@H]3CCCN(S(C)(=O)=O)[C@H]3C[C@@H]21. The molecule has 7 heteroatoms. The molecule has 3 aliphatic heterocycles. The van der Waals surface area contributed by atoms with Crippen LogP contribution < -0.4 is 4.74 Å². The maximum Gasteiger partial charge on any atom is 0.227 e. The zero-order valence-corrected chi connectivity index (χ0v) is 15.5. The van der Waals surface area contributed by atoms with Gasteiger partial charge in [-0.3, -0.25) is 4.79 Å². The van der Waals surface area contributed by atoms with Crippen molar-refractivity contribution in [3.05, 3.63) is 29.3 Å². The van der Waals surface area contributed by atoms with Gasteiger partial charge >= 0.3 is 0 Å². The zero-order chi connectivity index (χ0) is 17.8. The molecule has 6 nitrogen and oxygen atoms in total. The highest BCUT2D eigenvalue weighted by atomic mass is 32.2. The lowest BCUT2D eigenvalue weighted by atomic mass is 9.77. The average molecular weight is 364 g/mol. The number of methoxy groups -OCH3 is 1. The Morgan fingerprint density at radius 2 is 2.04 bits per heavy atom. The number of fused-ring (bicyclic) bond motifs is 4. The summed E-state index contributed by atoms with van der Waals surface area (Å²) in [5.41, 5.74) is 2.34. The molecule has 3 heterocycles. The lowest BCUT2D eigenvalue weighted by molar-refractivity contribution is -0.147. The second kappa shape index (κ2) is 5.99. The van der Waals surface area contributed by atoms with Gasteiger partial charge in [0.1, 0.15) is 5.75 Å². The van der Waals surface area contributed by atoms with Gasteiger partial charge in [0, 0.05) is 19.1 Å². The summed E-state index contributed by atoms with van der Waals surface area (Å²) in [6.07, 6.45) is 4.30. The molecular formula is C18H24N2O4S. The molecule has 1 aromatic carbocycles. The lowest BCUT2D eigenvalue weighted by Crippen LogP contribution is -2.59. The summed E-state index contributed by atoms with van der Waals surface area (Å²) >= 11 is 0. The van der Waals surface area contributed by atoms with Gasteiger partial charge in [0.25, 0.3) is 0 Å². The maximum atomic E-state index is 13.1. The van der Waals surface area contributed by atoms with Gasteiger partial charge in [-0.1, -0.05) is 6.07 Å². The molecule has 0 radical (unpaired) electrons. The van der Waals surface area contributed by atoms with Crippen molar-refractivity contribution < 1.29 is 17.9 Å². The van der Waals surface area contributed by atoms with Crippen molar-refractivity contribution in [2.24, 2.45) is 5.92 Å². The summed E-state index contributed by atoms with van der Waals surface area (Å²) in [4.78, 5) is 15.1. The molecule has 0 bridgehead atoms. The third kappa shape index (κ3) is 2.73. The first-order chi connectivity index (χ1) is 11.9. The van der Waals surface area contributed by atoms with E-state index in [2.05, 4.69) is 0 Å². The van der Waals surface area contributed by atoms with Crippen molar-refractivity contribution in [1.82, 2.24) is 9.21 Å². The highest BCUT2D eigenvalue weighted by Gasteiger charge is 2.49. The molecule has 4 rings (SSSR count). The molecule has 2 saturated heterocycles. The van der Waals surface area contributed by atoms with Crippen LogP contribution in [0.2, 0.25) is 0 Å². The van der Waals surface area contributed by atoms with Gasteiger partial charge in [0.2, 0.25) is 15.9 Å². The van der Waals surface area contributed by atoms with E-state index in [1.165, 1.54) is 11.8 Å². The number of hydrogen-bond donors (Lipinski definition) is 0. The van der Waals surface area contributed by atoms with E-state index in [0.717, 1.165) is 30.6 Å². The number of nitrogens with zero attached hydrogens (tertiary/aromatic N) is 2. The first-order valence-electron chi connectivity index (χ1n) is 8.84. The Bertz CT molecular complexity index is 807. The zero-order valence-electron chi connectivity index (χ0n) is 14.6. The molecule has 3 atom stereocenters. The first-order valence-corrected chi connectivity index (χ1v) is 10.7. The van der Waals surface area contributed by atoms with E-state index in [-0.39, 0.29) is 23.9 Å². The molecule has 0 spiro atoms. The van der Waals surface area contributed by atoms with Crippen molar-refractivity contribution in [2.45, 2.75) is 37.8 Å². The average Bonchev–Trinajstić information content (AvgIpc) is 2.60. The monoisotopic (exact) mass is 364 g/mol. The van der Waals surface area contributed by atoms with Gasteiger partial charge in [-0.25, -0.2) is 8.42 Å². The second-order valence-corrected chi connectivity index (χ2v) is 9.22. The third-order valence-electron chi connectivity index (χ3n) is 5.93. The molecule has 0 aromatic heterocycles. The summed E-state index contributed by atoms with van der Waals surface area (Å²) in [6.45, 7) is 1.22. The number of amides is 1. The fourth-order valence-electron chi connectivity index (χ4n) is 4.78. The van der Waals surface area contributed by atoms with Crippen LogP contribution in [0, 0.1) is 5.92 Å². The van der Waals surface area contributed by atoms with E-state index in [0.29, 0.717) is 19.5 Å². The molecule has 0 saturated carbocycles. The lowest BCUT2D eigenvalue weighted by Gasteiger charge is -2.50. The van der Waals surface area contributed by atoms with Crippen LogP contribution in [0.5, 0.6) is 5.75 Å². The molecule has 0 N–H and O–H groups in total. The molecule has 0 aliphatic carbocycles. The van der Waals surface area contributed by atoms with Gasteiger partial charge in [-0.15, -0.1) is 0 Å². The van der Waals surface area contributed by atoms with E-state index in [1.54, 1.807) is 11.4 Å². The summed E-state index contributed by atoms with van der Waals surface area (Å²) in [6, 6.07) is 5.75. The third-order valence-corrected chi connectivity index (χ3v) is 7.23. The minimum Gasteiger partial charge on any atom is -0.497 e. The Morgan fingerprint density at radius 1 is 1.24 bits per heavy atom. The fourth-order valence-corrected chi connectivity index (χ4v) is 5.97. The van der Waals surface area contributed by atoms with Crippen LogP contribution in [0.25, 0.3) is 0 Å².